The van der Waals surface area contributed by atoms with E-state index in [1.54, 1.807) is 11.8 Å². The predicted molar refractivity (Wildman–Crippen MR) is 107 cm³/mol. The largest absolute Gasteiger partial charge is 0.497 e. The van der Waals surface area contributed by atoms with E-state index < -0.39 is 0 Å². The molecule has 0 saturated heterocycles. The van der Waals surface area contributed by atoms with Crippen LogP contribution >= 0.6 is 0 Å². The number of benzene rings is 1. The van der Waals surface area contributed by atoms with Gasteiger partial charge in [-0.05, 0) is 48.9 Å². The van der Waals surface area contributed by atoms with Crippen LogP contribution in [0.4, 0.5) is 0 Å². The van der Waals surface area contributed by atoms with Gasteiger partial charge in [0.1, 0.15) is 11.4 Å². The smallest absolute Gasteiger partial charge is 0.269 e. The lowest BCUT2D eigenvalue weighted by Crippen LogP contribution is -2.39. The molecule has 0 atom stereocenters. The van der Waals surface area contributed by atoms with Gasteiger partial charge in [-0.1, -0.05) is 38.8 Å². The maximum Gasteiger partial charge on any atom is 0.269 e. The maximum absolute atomic E-state index is 12.8. The van der Waals surface area contributed by atoms with Gasteiger partial charge in [0.15, 0.2) is 0 Å². The van der Waals surface area contributed by atoms with Gasteiger partial charge in [-0.2, -0.15) is 5.10 Å². The minimum atomic E-state index is -0.0419. The van der Waals surface area contributed by atoms with Crippen LogP contribution in [0.3, 0.4) is 0 Å². The molecule has 1 aromatic heterocycles. The van der Waals surface area contributed by atoms with E-state index in [2.05, 4.69) is 36.4 Å². The third-order valence-corrected chi connectivity index (χ3v) is 5.63. The van der Waals surface area contributed by atoms with Gasteiger partial charge in [-0.25, -0.2) is 0 Å². The molecule has 5 heteroatoms. The molecule has 1 amide bonds. The molecule has 1 fully saturated rings. The summed E-state index contributed by atoms with van der Waals surface area (Å²) in [5.74, 6) is 1.34. The third kappa shape index (κ3) is 4.34. The molecule has 0 spiro atoms. The van der Waals surface area contributed by atoms with Crippen LogP contribution in [-0.2, 0) is 18.9 Å². The quantitative estimate of drug-likeness (QED) is 0.806. The molecular weight excluding hydrogens is 338 g/mol. The number of hydrogen-bond donors (Lipinski definition) is 1. The Hall–Kier alpha value is -2.30. The zero-order valence-electron chi connectivity index (χ0n) is 16.9. The number of rotatable bonds is 7. The Kier molecular flexibility index (Phi) is 5.88. The van der Waals surface area contributed by atoms with E-state index >= 15 is 0 Å². The first-order valence-corrected chi connectivity index (χ1v) is 9.89. The number of aromatic nitrogens is 2. The first-order chi connectivity index (χ1) is 12.9. The van der Waals surface area contributed by atoms with Crippen LogP contribution in [-0.4, -0.2) is 29.3 Å². The van der Waals surface area contributed by atoms with Gasteiger partial charge in [-0.3, -0.25) is 9.48 Å². The summed E-state index contributed by atoms with van der Waals surface area (Å²) in [6, 6.07) is 10.2. The summed E-state index contributed by atoms with van der Waals surface area (Å²) in [5, 5.41) is 7.67. The van der Waals surface area contributed by atoms with Gasteiger partial charge in [0.2, 0.25) is 0 Å². The number of methoxy groups -OCH3 is 1. The molecule has 27 heavy (non-hydrogen) atoms. The van der Waals surface area contributed by atoms with E-state index in [4.69, 9.17) is 4.74 Å². The molecule has 0 bridgehead atoms. The second-order valence-corrected chi connectivity index (χ2v) is 8.14. The van der Waals surface area contributed by atoms with Gasteiger partial charge in [0.25, 0.3) is 5.91 Å². The van der Waals surface area contributed by atoms with E-state index in [0.29, 0.717) is 18.2 Å². The Bertz CT molecular complexity index is 771. The Labute approximate surface area is 162 Å². The van der Waals surface area contributed by atoms with Crippen molar-refractivity contribution in [3.8, 4) is 5.75 Å². The monoisotopic (exact) mass is 369 g/mol. The normalized spacial score (nSPS) is 15.9. The molecular formula is C22H31N3O2. The SMILES string of the molecule is COc1ccc(C2(CNC(=O)c3cc(CC(C)C)nn3C)CCCC2)cc1. The summed E-state index contributed by atoms with van der Waals surface area (Å²) in [6.45, 7) is 4.98. The highest BCUT2D eigenvalue weighted by Crippen LogP contribution is 2.41. The molecule has 1 saturated carbocycles. The fourth-order valence-electron chi connectivity index (χ4n) is 4.16. The summed E-state index contributed by atoms with van der Waals surface area (Å²) in [7, 11) is 3.52. The van der Waals surface area contributed by atoms with Crippen LogP contribution in [0.25, 0.3) is 0 Å². The lowest BCUT2D eigenvalue weighted by molar-refractivity contribution is 0.0933. The highest BCUT2D eigenvalue weighted by Gasteiger charge is 2.36. The number of ether oxygens (including phenoxy) is 1. The lowest BCUT2D eigenvalue weighted by atomic mass is 9.78. The molecule has 1 aliphatic rings. The average molecular weight is 370 g/mol. The first-order valence-electron chi connectivity index (χ1n) is 9.89. The maximum atomic E-state index is 12.8. The third-order valence-electron chi connectivity index (χ3n) is 5.63. The van der Waals surface area contributed by atoms with Crippen molar-refractivity contribution in [3.05, 3.63) is 47.3 Å². The van der Waals surface area contributed by atoms with E-state index in [-0.39, 0.29) is 11.3 Å². The highest BCUT2D eigenvalue weighted by molar-refractivity contribution is 5.92. The van der Waals surface area contributed by atoms with Crippen molar-refractivity contribution in [3.63, 3.8) is 0 Å². The molecule has 0 unspecified atom stereocenters. The average Bonchev–Trinajstić information content (AvgIpc) is 3.27. The minimum absolute atomic E-state index is 0.0152. The molecule has 146 valence electrons. The van der Waals surface area contributed by atoms with Crippen molar-refractivity contribution < 1.29 is 9.53 Å². The molecule has 1 aliphatic carbocycles. The van der Waals surface area contributed by atoms with Crippen LogP contribution in [0, 0.1) is 5.92 Å². The molecule has 0 radical (unpaired) electrons. The standard InChI is InChI=1S/C22H31N3O2/c1-16(2)13-18-14-20(25(3)24-18)21(26)23-15-22(11-5-6-12-22)17-7-9-19(27-4)10-8-17/h7-10,14,16H,5-6,11-13,15H2,1-4H3,(H,23,26). The van der Waals surface area contributed by atoms with E-state index in [9.17, 15) is 4.79 Å². The second-order valence-electron chi connectivity index (χ2n) is 8.14. The van der Waals surface area contributed by atoms with E-state index in [0.717, 1.165) is 30.7 Å². The topological polar surface area (TPSA) is 56.1 Å². The predicted octanol–water partition coefficient (Wildman–Crippen LogP) is 3.87. The van der Waals surface area contributed by atoms with E-state index in [1.165, 1.54) is 18.4 Å². The zero-order valence-corrected chi connectivity index (χ0v) is 16.9. The summed E-state index contributed by atoms with van der Waals surface area (Å²) < 4.78 is 6.98. The number of hydrogen-bond acceptors (Lipinski definition) is 3. The molecule has 5 nitrogen and oxygen atoms in total. The number of carbonyl (C=O) groups is 1. The van der Waals surface area contributed by atoms with Crippen LogP contribution in [0.5, 0.6) is 5.75 Å². The Morgan fingerprint density at radius 1 is 1.26 bits per heavy atom. The van der Waals surface area contributed by atoms with Crippen LogP contribution in [0.1, 0.15) is 61.3 Å². The van der Waals surface area contributed by atoms with Gasteiger partial charge < -0.3 is 10.1 Å². The number of aryl methyl sites for hydroxylation is 1. The number of nitrogens with one attached hydrogen (secondary N) is 1. The fourth-order valence-corrected chi connectivity index (χ4v) is 4.16. The molecule has 3 rings (SSSR count). The Morgan fingerprint density at radius 2 is 1.93 bits per heavy atom. The Balaban J connectivity index is 1.72. The van der Waals surface area contributed by atoms with Gasteiger partial charge in [0, 0.05) is 19.0 Å². The molecule has 2 aromatic rings. The zero-order chi connectivity index (χ0) is 19.4. The molecule has 1 heterocycles. The number of amides is 1. The van der Waals surface area contributed by atoms with Crippen molar-refractivity contribution in [2.75, 3.05) is 13.7 Å². The summed E-state index contributed by atoms with van der Waals surface area (Å²) >= 11 is 0. The molecule has 0 aliphatic heterocycles. The summed E-state index contributed by atoms with van der Waals surface area (Å²) in [5.41, 5.74) is 2.91. The fraction of sp³-hybridized carbons (Fsp3) is 0.545. The van der Waals surface area contributed by atoms with Crippen molar-refractivity contribution in [1.82, 2.24) is 15.1 Å². The van der Waals surface area contributed by atoms with Crippen molar-refractivity contribution in [1.29, 1.82) is 0 Å². The van der Waals surface area contributed by atoms with Gasteiger partial charge in [0.05, 0.1) is 12.8 Å². The molecule has 1 N–H and O–H groups in total. The van der Waals surface area contributed by atoms with E-state index in [1.807, 2.05) is 25.2 Å². The van der Waals surface area contributed by atoms with Crippen molar-refractivity contribution in [2.45, 2.75) is 51.4 Å². The Morgan fingerprint density at radius 3 is 2.52 bits per heavy atom. The summed E-state index contributed by atoms with van der Waals surface area (Å²) in [6.07, 6.45) is 5.49. The lowest BCUT2D eigenvalue weighted by Gasteiger charge is -2.30. The first kappa shape index (κ1) is 19.5. The van der Waals surface area contributed by atoms with Crippen LogP contribution in [0.15, 0.2) is 30.3 Å². The van der Waals surface area contributed by atoms with Crippen molar-refractivity contribution in [2.24, 2.45) is 13.0 Å². The molecule has 1 aromatic carbocycles. The van der Waals surface area contributed by atoms with Gasteiger partial charge in [-0.15, -0.1) is 0 Å². The number of nitrogens with zero attached hydrogens (tertiary/aromatic N) is 2. The number of carbonyl (C=O) groups excluding carboxylic acids is 1. The van der Waals surface area contributed by atoms with Crippen molar-refractivity contribution >= 4 is 5.91 Å². The summed E-state index contributed by atoms with van der Waals surface area (Å²) in [4.78, 5) is 12.8. The van der Waals surface area contributed by atoms with Crippen LogP contribution < -0.4 is 10.1 Å². The minimum Gasteiger partial charge on any atom is -0.497 e. The van der Waals surface area contributed by atoms with Gasteiger partial charge >= 0.3 is 0 Å². The van der Waals surface area contributed by atoms with Crippen LogP contribution in [0.2, 0.25) is 0 Å². The highest BCUT2D eigenvalue weighted by atomic mass is 16.5. The second kappa shape index (κ2) is 8.15.